The van der Waals surface area contributed by atoms with Crippen LogP contribution in [0.3, 0.4) is 0 Å². The topological polar surface area (TPSA) is 199 Å². The van der Waals surface area contributed by atoms with Crippen molar-refractivity contribution in [3.05, 3.63) is 53.5 Å². The molecule has 11 heteroatoms. The van der Waals surface area contributed by atoms with Gasteiger partial charge < -0.3 is 31.0 Å². The minimum atomic E-state index is -1.27. The molecule has 11 nitrogen and oxygen atoms in total. The van der Waals surface area contributed by atoms with Gasteiger partial charge >= 0.3 is 11.9 Å². The van der Waals surface area contributed by atoms with Crippen LogP contribution < -0.4 is 21.5 Å². The number of carboxylic acid groups (broad SMARTS) is 1. The summed E-state index contributed by atoms with van der Waals surface area (Å²) < 4.78 is 10.6. The summed E-state index contributed by atoms with van der Waals surface area (Å²) in [6.07, 6.45) is -0.186. The predicted molar refractivity (Wildman–Crippen MR) is 112 cm³/mol. The van der Waals surface area contributed by atoms with Crippen LogP contribution in [-0.2, 0) is 20.8 Å². The van der Waals surface area contributed by atoms with Crippen molar-refractivity contribution >= 4 is 29.6 Å². The molecule has 2 rings (SSSR count). The molecule has 0 spiro atoms. The molecular formula is C21H24N4O7. The van der Waals surface area contributed by atoms with Crippen LogP contribution >= 0.6 is 0 Å². The Morgan fingerprint density at radius 3 is 2.34 bits per heavy atom. The average Bonchev–Trinajstić information content (AvgIpc) is 3.19. The molecule has 0 aliphatic rings. The van der Waals surface area contributed by atoms with Crippen molar-refractivity contribution in [2.45, 2.75) is 32.2 Å². The Hall–Kier alpha value is -4.15. The molecule has 0 bridgehead atoms. The van der Waals surface area contributed by atoms with Crippen LogP contribution in [0.4, 0.5) is 0 Å². The minimum absolute atomic E-state index is 0.0758. The number of amidine groups is 1. The summed E-state index contributed by atoms with van der Waals surface area (Å²) in [7, 11) is 0. The fourth-order valence-electron chi connectivity index (χ4n) is 2.71. The van der Waals surface area contributed by atoms with E-state index in [1.807, 2.05) is 0 Å². The van der Waals surface area contributed by atoms with Crippen LogP contribution in [-0.4, -0.2) is 40.7 Å². The molecular weight excluding hydrogens is 420 g/mol. The molecule has 0 saturated heterocycles. The molecule has 1 heterocycles. The molecule has 170 valence electrons. The van der Waals surface area contributed by atoms with Crippen LogP contribution in [0, 0.1) is 11.3 Å². The second-order valence-corrected chi connectivity index (χ2v) is 7.10. The highest BCUT2D eigenvalue weighted by Crippen LogP contribution is 2.18. The lowest BCUT2D eigenvalue weighted by Gasteiger charge is -2.16. The summed E-state index contributed by atoms with van der Waals surface area (Å²) in [4.78, 5) is 46.7. The van der Waals surface area contributed by atoms with E-state index in [-0.39, 0.29) is 36.6 Å². The smallest absolute Gasteiger partial charge is 0.379 e. The standard InChI is InChI=1S/C21H24N4O7/c1-11(19(27)25-15(20(28)29)7-9-17(22)26)10-14-6-8-16(31-14)21(30)32-13-4-2-12(3-5-13)18(23)24/h2-6,8,11,15H,7,9-10H2,1H3,(H2,22,26)(H3,23,24)(H,25,27)(H,28,29)/t11?,15-/m1/s1. The molecule has 0 aliphatic carbocycles. The highest BCUT2D eigenvalue weighted by Gasteiger charge is 2.24. The first kappa shape index (κ1) is 24.1. The van der Waals surface area contributed by atoms with Gasteiger partial charge in [0.05, 0.1) is 0 Å². The number of benzene rings is 1. The van der Waals surface area contributed by atoms with Crippen molar-refractivity contribution < 1.29 is 33.4 Å². The fraction of sp³-hybridized carbons (Fsp3) is 0.286. The van der Waals surface area contributed by atoms with Gasteiger partial charge in [-0.3, -0.25) is 15.0 Å². The second-order valence-electron chi connectivity index (χ2n) is 7.10. The maximum Gasteiger partial charge on any atom is 0.379 e. The monoisotopic (exact) mass is 444 g/mol. The number of hydrogen-bond donors (Lipinski definition) is 5. The summed E-state index contributed by atoms with van der Waals surface area (Å²) in [5, 5.41) is 18.9. The molecule has 2 aromatic rings. The van der Waals surface area contributed by atoms with Gasteiger partial charge in [-0.15, -0.1) is 0 Å². The molecule has 1 aromatic heterocycles. The van der Waals surface area contributed by atoms with Crippen molar-refractivity contribution in [3.8, 4) is 5.75 Å². The molecule has 7 N–H and O–H groups in total. The van der Waals surface area contributed by atoms with Crippen LogP contribution in [0.1, 0.15) is 41.6 Å². The number of nitrogens with one attached hydrogen (secondary N) is 2. The molecule has 32 heavy (non-hydrogen) atoms. The number of carboxylic acids is 1. The van der Waals surface area contributed by atoms with Crippen LogP contribution in [0.2, 0.25) is 0 Å². The van der Waals surface area contributed by atoms with Crippen molar-refractivity contribution in [1.29, 1.82) is 5.41 Å². The first-order valence-corrected chi connectivity index (χ1v) is 9.63. The fourth-order valence-corrected chi connectivity index (χ4v) is 2.71. The van der Waals surface area contributed by atoms with Gasteiger partial charge in [-0.1, -0.05) is 6.92 Å². The Labute approximate surface area is 183 Å². The number of nitrogens with two attached hydrogens (primary N) is 2. The number of carbonyl (C=O) groups excluding carboxylic acids is 3. The third kappa shape index (κ3) is 6.97. The van der Waals surface area contributed by atoms with E-state index in [2.05, 4.69) is 5.32 Å². The van der Waals surface area contributed by atoms with Gasteiger partial charge in [-0.25, -0.2) is 9.59 Å². The van der Waals surface area contributed by atoms with E-state index < -0.39 is 35.7 Å². The highest BCUT2D eigenvalue weighted by molar-refractivity contribution is 5.95. The number of ether oxygens (including phenoxy) is 1. The average molecular weight is 444 g/mol. The van der Waals surface area contributed by atoms with Gasteiger partial charge in [0.25, 0.3) is 0 Å². The Kier molecular flexibility index (Phi) is 8.11. The Morgan fingerprint density at radius 1 is 1.12 bits per heavy atom. The van der Waals surface area contributed by atoms with Crippen molar-refractivity contribution in [1.82, 2.24) is 5.32 Å². The lowest BCUT2D eigenvalue weighted by atomic mass is 10.0. The number of primary amides is 1. The summed E-state index contributed by atoms with van der Waals surface area (Å²) in [6.45, 7) is 1.57. The number of amides is 2. The normalized spacial score (nSPS) is 12.4. The van der Waals surface area contributed by atoms with Crippen molar-refractivity contribution in [2.24, 2.45) is 17.4 Å². The van der Waals surface area contributed by atoms with Crippen molar-refractivity contribution in [3.63, 3.8) is 0 Å². The number of esters is 1. The predicted octanol–water partition coefficient (Wildman–Crippen LogP) is 0.796. The number of nitrogen functional groups attached to an aromatic ring is 1. The highest BCUT2D eigenvalue weighted by atomic mass is 16.5. The van der Waals surface area contributed by atoms with Gasteiger partial charge in [-0.2, -0.15) is 0 Å². The SMILES string of the molecule is CC(Cc1ccc(C(=O)Oc2ccc(C(=N)N)cc2)o1)C(=O)N[C@H](CCC(N)=O)C(=O)O. The van der Waals surface area contributed by atoms with Gasteiger partial charge in [-0.05, 0) is 42.8 Å². The zero-order valence-corrected chi connectivity index (χ0v) is 17.3. The summed E-state index contributed by atoms with van der Waals surface area (Å²) >= 11 is 0. The van der Waals surface area contributed by atoms with Crippen LogP contribution in [0.15, 0.2) is 40.8 Å². The zero-order chi connectivity index (χ0) is 23.8. The molecule has 2 amide bonds. The lowest BCUT2D eigenvalue weighted by Crippen LogP contribution is -2.44. The Morgan fingerprint density at radius 2 is 1.78 bits per heavy atom. The molecule has 1 aromatic carbocycles. The summed E-state index contributed by atoms with van der Waals surface area (Å²) in [6, 6.07) is 7.72. The lowest BCUT2D eigenvalue weighted by molar-refractivity contribution is -0.142. The van der Waals surface area contributed by atoms with Crippen LogP contribution in [0.5, 0.6) is 5.75 Å². The van der Waals surface area contributed by atoms with E-state index in [4.69, 9.17) is 26.0 Å². The summed E-state index contributed by atoms with van der Waals surface area (Å²) in [5.41, 5.74) is 10.9. The van der Waals surface area contributed by atoms with E-state index in [9.17, 15) is 24.3 Å². The number of rotatable bonds is 11. The molecule has 2 atom stereocenters. The van der Waals surface area contributed by atoms with E-state index in [1.54, 1.807) is 6.92 Å². The maximum atomic E-state index is 12.3. The van der Waals surface area contributed by atoms with E-state index >= 15 is 0 Å². The van der Waals surface area contributed by atoms with Gasteiger partial charge in [0.1, 0.15) is 23.4 Å². The third-order valence-electron chi connectivity index (χ3n) is 4.49. The first-order chi connectivity index (χ1) is 15.1. The van der Waals surface area contributed by atoms with Crippen LogP contribution in [0.25, 0.3) is 0 Å². The second kappa shape index (κ2) is 10.8. The molecule has 0 saturated carbocycles. The maximum absolute atomic E-state index is 12.3. The van der Waals surface area contributed by atoms with Gasteiger partial charge in [0.15, 0.2) is 0 Å². The third-order valence-corrected chi connectivity index (χ3v) is 4.49. The molecule has 0 aliphatic heterocycles. The van der Waals surface area contributed by atoms with E-state index in [0.29, 0.717) is 11.3 Å². The number of carbonyl (C=O) groups is 4. The Bertz CT molecular complexity index is 1010. The molecule has 1 unspecified atom stereocenters. The largest absolute Gasteiger partial charge is 0.480 e. The minimum Gasteiger partial charge on any atom is -0.480 e. The quantitative estimate of drug-likeness (QED) is 0.145. The Balaban J connectivity index is 1.93. The van der Waals surface area contributed by atoms with Gasteiger partial charge in [0, 0.05) is 24.3 Å². The number of aliphatic carboxylic acids is 1. The van der Waals surface area contributed by atoms with Gasteiger partial charge in [0.2, 0.25) is 17.6 Å². The van der Waals surface area contributed by atoms with E-state index in [1.165, 1.54) is 36.4 Å². The first-order valence-electron chi connectivity index (χ1n) is 9.63. The number of hydrogen-bond acceptors (Lipinski definition) is 7. The molecule has 0 radical (unpaired) electrons. The van der Waals surface area contributed by atoms with E-state index in [0.717, 1.165) is 0 Å². The molecule has 0 fully saturated rings. The summed E-state index contributed by atoms with van der Waals surface area (Å²) in [5.74, 6) is -3.52. The zero-order valence-electron chi connectivity index (χ0n) is 17.3. The van der Waals surface area contributed by atoms with Crippen molar-refractivity contribution in [2.75, 3.05) is 0 Å². The number of furan rings is 1.